The van der Waals surface area contributed by atoms with Crippen molar-refractivity contribution in [1.29, 1.82) is 0 Å². The number of Topliss-reactive ketones (excluding diaryl/α,β-unsaturated/α-hetero) is 1. The maximum atomic E-state index is 12.9. The third kappa shape index (κ3) is 4.67. The maximum Gasteiger partial charge on any atom is 0.461 e. The van der Waals surface area contributed by atoms with Crippen LogP contribution in [-0.4, -0.2) is 36.5 Å². The molecule has 4 nitrogen and oxygen atoms in total. The summed E-state index contributed by atoms with van der Waals surface area (Å²) in [5.41, 5.74) is -0.209. The molecule has 1 aromatic carbocycles. The van der Waals surface area contributed by atoms with Gasteiger partial charge in [0.2, 0.25) is 5.78 Å². The summed E-state index contributed by atoms with van der Waals surface area (Å²) in [6.45, 7) is 0.0576. The van der Waals surface area contributed by atoms with Gasteiger partial charge in [0.15, 0.2) is 0 Å². The average Bonchev–Trinajstić information content (AvgIpc) is 2.45. The summed E-state index contributed by atoms with van der Waals surface area (Å²) in [5.74, 6) is -7.73. The van der Waals surface area contributed by atoms with Crippen LogP contribution in [0.2, 0.25) is 0 Å². The van der Waals surface area contributed by atoms with Crippen LogP contribution in [0.1, 0.15) is 15.9 Å². The van der Waals surface area contributed by atoms with Gasteiger partial charge in [0.25, 0.3) is 0 Å². The summed E-state index contributed by atoms with van der Waals surface area (Å²) in [5, 5.41) is 0. The minimum Gasteiger partial charge on any atom is -0.328 e. The van der Waals surface area contributed by atoms with Crippen LogP contribution in [0.25, 0.3) is 0 Å². The zero-order valence-electron chi connectivity index (χ0n) is 11.2. The molecule has 0 aliphatic heterocycles. The van der Waals surface area contributed by atoms with Crippen LogP contribution in [-0.2, 0) is 15.5 Å². The summed E-state index contributed by atoms with van der Waals surface area (Å²) in [6, 6.07) is 4.23. The summed E-state index contributed by atoms with van der Waals surface area (Å²) in [4.78, 5) is 20.2. The Balaban J connectivity index is 2.71. The van der Waals surface area contributed by atoms with Gasteiger partial charge in [-0.15, -0.1) is 0 Å². The van der Waals surface area contributed by atoms with Gasteiger partial charge in [-0.2, -0.15) is 22.0 Å². The van der Waals surface area contributed by atoms with Crippen molar-refractivity contribution in [3.8, 4) is 0 Å². The molecule has 1 N–H and O–H groups in total. The van der Waals surface area contributed by atoms with E-state index in [0.29, 0.717) is 5.56 Å². The van der Waals surface area contributed by atoms with Gasteiger partial charge in [0.05, 0.1) is 6.61 Å². The van der Waals surface area contributed by atoms with Gasteiger partial charge in [0.1, 0.15) is 0 Å². The van der Waals surface area contributed by atoms with Crippen molar-refractivity contribution in [2.75, 3.05) is 13.7 Å². The van der Waals surface area contributed by atoms with Crippen molar-refractivity contribution in [2.45, 2.75) is 18.5 Å². The summed E-state index contributed by atoms with van der Waals surface area (Å²) in [7, 11) is -0.755. The quantitative estimate of drug-likeness (QED) is 0.467. The normalized spacial score (nSPS) is 14.0. The minimum absolute atomic E-state index is 0.0576. The molecule has 0 aromatic heterocycles. The van der Waals surface area contributed by atoms with Gasteiger partial charge in [0, 0.05) is 12.7 Å². The fourth-order valence-electron chi connectivity index (χ4n) is 1.43. The van der Waals surface area contributed by atoms with E-state index in [1.165, 1.54) is 19.2 Å². The van der Waals surface area contributed by atoms with Crippen LogP contribution in [0, 0.1) is 0 Å². The van der Waals surface area contributed by atoms with Crippen LogP contribution < -0.4 is 0 Å². The second kappa shape index (κ2) is 7.41. The molecule has 1 aromatic rings. The largest absolute Gasteiger partial charge is 0.461 e. The first-order valence-electron chi connectivity index (χ1n) is 5.84. The zero-order chi connectivity index (χ0) is 17.0. The summed E-state index contributed by atoms with van der Waals surface area (Å²) in [6.07, 6.45) is -5.68. The summed E-state index contributed by atoms with van der Waals surface area (Å²) >= 11 is 0. The molecule has 0 saturated heterocycles. The first-order chi connectivity index (χ1) is 10.1. The van der Waals surface area contributed by atoms with Gasteiger partial charge in [-0.05, 0) is 12.0 Å². The number of ketones is 1. The lowest BCUT2D eigenvalue weighted by molar-refractivity contribution is -0.255. The second-order valence-electron chi connectivity index (χ2n) is 4.10. The SMILES string of the molecule is COP(O)OCCc1ccc(C(=O)C(F)(F)C(F)(F)F)cc1. The topological polar surface area (TPSA) is 55.8 Å². The number of carbonyl (C=O) groups is 1. The lowest BCUT2D eigenvalue weighted by atomic mass is 10.0. The van der Waals surface area contributed by atoms with E-state index in [0.717, 1.165) is 12.1 Å². The molecule has 0 bridgehead atoms. The Morgan fingerprint density at radius 1 is 1.18 bits per heavy atom. The van der Waals surface area contributed by atoms with E-state index in [4.69, 9.17) is 9.42 Å². The number of benzene rings is 1. The van der Waals surface area contributed by atoms with Crippen molar-refractivity contribution in [2.24, 2.45) is 0 Å². The molecular weight excluding hydrogens is 334 g/mol. The number of hydrogen-bond donors (Lipinski definition) is 1. The van der Waals surface area contributed by atoms with Gasteiger partial charge in [-0.3, -0.25) is 4.79 Å². The number of rotatable bonds is 7. The molecule has 0 saturated carbocycles. The Labute approximate surface area is 123 Å². The first kappa shape index (κ1) is 18.9. The molecule has 22 heavy (non-hydrogen) atoms. The fourth-order valence-corrected chi connectivity index (χ4v) is 1.78. The molecule has 0 fully saturated rings. The predicted octanol–water partition coefficient (Wildman–Crippen LogP) is 3.49. The number of alkyl halides is 5. The Bertz CT molecular complexity index is 503. The smallest absolute Gasteiger partial charge is 0.328 e. The van der Waals surface area contributed by atoms with Crippen molar-refractivity contribution in [1.82, 2.24) is 0 Å². The minimum atomic E-state index is -5.94. The van der Waals surface area contributed by atoms with Crippen LogP contribution >= 0.6 is 8.60 Å². The molecule has 0 heterocycles. The highest BCUT2D eigenvalue weighted by Gasteiger charge is 2.63. The van der Waals surface area contributed by atoms with Gasteiger partial charge in [-0.25, -0.2) is 0 Å². The molecule has 1 atom stereocenters. The molecule has 1 rings (SSSR count). The average molecular weight is 346 g/mol. The van der Waals surface area contributed by atoms with Gasteiger partial charge >= 0.3 is 20.7 Å². The van der Waals surface area contributed by atoms with E-state index in [-0.39, 0.29) is 13.0 Å². The predicted molar refractivity (Wildman–Crippen MR) is 67.6 cm³/mol. The second-order valence-corrected chi connectivity index (χ2v) is 5.20. The van der Waals surface area contributed by atoms with E-state index in [1.54, 1.807) is 0 Å². The first-order valence-corrected chi connectivity index (χ1v) is 6.97. The third-order valence-electron chi connectivity index (χ3n) is 2.61. The fraction of sp³-hybridized carbons (Fsp3) is 0.417. The van der Waals surface area contributed by atoms with Crippen molar-refractivity contribution in [3.05, 3.63) is 35.4 Å². The molecule has 0 aliphatic carbocycles. The third-order valence-corrected chi connectivity index (χ3v) is 3.32. The number of hydrogen-bond acceptors (Lipinski definition) is 4. The van der Waals surface area contributed by atoms with E-state index in [1.807, 2.05) is 0 Å². The highest BCUT2D eigenvalue weighted by atomic mass is 31.2. The molecule has 1 unspecified atom stereocenters. The Hall–Kier alpha value is -1.15. The van der Waals surface area contributed by atoms with E-state index in [9.17, 15) is 26.7 Å². The molecule has 124 valence electrons. The monoisotopic (exact) mass is 346 g/mol. The highest BCUT2D eigenvalue weighted by molar-refractivity contribution is 7.40. The number of carbonyl (C=O) groups excluding carboxylic acids is 1. The van der Waals surface area contributed by atoms with Crippen molar-refractivity contribution < 1.29 is 40.7 Å². The molecule has 0 amide bonds. The zero-order valence-corrected chi connectivity index (χ0v) is 12.1. The molecule has 0 aliphatic rings. The van der Waals surface area contributed by atoms with Crippen molar-refractivity contribution >= 4 is 14.4 Å². The Morgan fingerprint density at radius 2 is 1.73 bits per heavy atom. The van der Waals surface area contributed by atoms with E-state index < -0.39 is 32.0 Å². The van der Waals surface area contributed by atoms with Crippen LogP contribution in [0.15, 0.2) is 24.3 Å². The lowest BCUT2D eigenvalue weighted by Crippen LogP contribution is -2.44. The lowest BCUT2D eigenvalue weighted by Gasteiger charge is -2.18. The standard InChI is InChI=1S/C12H12F5O4P/c1-20-22(19)21-7-6-8-2-4-9(5-3-8)10(18)11(13,14)12(15,16)17/h2-5,19H,6-7H2,1H3. The Kier molecular flexibility index (Phi) is 6.37. The molecule has 10 heteroatoms. The highest BCUT2D eigenvalue weighted by Crippen LogP contribution is 2.38. The van der Waals surface area contributed by atoms with Gasteiger partial charge < -0.3 is 13.9 Å². The van der Waals surface area contributed by atoms with E-state index in [2.05, 4.69) is 4.52 Å². The number of halogens is 5. The van der Waals surface area contributed by atoms with Crippen molar-refractivity contribution in [3.63, 3.8) is 0 Å². The molecular formula is C12H12F5O4P. The van der Waals surface area contributed by atoms with Crippen LogP contribution in [0.4, 0.5) is 22.0 Å². The van der Waals surface area contributed by atoms with Gasteiger partial charge in [-0.1, -0.05) is 24.3 Å². The van der Waals surface area contributed by atoms with E-state index >= 15 is 0 Å². The Morgan fingerprint density at radius 3 is 2.18 bits per heavy atom. The summed E-state index contributed by atoms with van der Waals surface area (Å²) < 4.78 is 71.4. The molecule has 0 spiro atoms. The molecule has 0 radical (unpaired) electrons. The maximum absolute atomic E-state index is 12.9. The van der Waals surface area contributed by atoms with Crippen LogP contribution in [0.3, 0.4) is 0 Å². The van der Waals surface area contributed by atoms with Crippen LogP contribution in [0.5, 0.6) is 0 Å².